The third kappa shape index (κ3) is 2.91. The second-order valence-electron chi connectivity index (χ2n) is 4.76. The molecule has 1 aromatic rings. The Bertz CT molecular complexity index is 566. The summed E-state index contributed by atoms with van der Waals surface area (Å²) >= 11 is 0. The van der Waals surface area contributed by atoms with Crippen molar-refractivity contribution in [1.82, 2.24) is 10.2 Å². The molecule has 0 aromatic heterocycles. The van der Waals surface area contributed by atoms with E-state index in [4.69, 9.17) is 4.74 Å². The molecule has 1 unspecified atom stereocenters. The van der Waals surface area contributed by atoms with E-state index in [0.29, 0.717) is 24.4 Å². The first-order valence-electron chi connectivity index (χ1n) is 7.11. The van der Waals surface area contributed by atoms with Gasteiger partial charge in [-0.3, -0.25) is 4.90 Å². The van der Waals surface area contributed by atoms with E-state index in [9.17, 15) is 9.59 Å². The molecule has 5 heteroatoms. The molecular weight excluding hydrogens is 268 g/mol. The number of hydrogen-bond donors (Lipinski definition) is 1. The van der Waals surface area contributed by atoms with Gasteiger partial charge in [0.05, 0.1) is 18.2 Å². The van der Waals surface area contributed by atoms with Crippen molar-refractivity contribution in [2.75, 3.05) is 13.2 Å². The fourth-order valence-corrected chi connectivity index (χ4v) is 2.53. The highest BCUT2D eigenvalue weighted by atomic mass is 16.5. The van der Waals surface area contributed by atoms with Crippen LogP contribution in [0.2, 0.25) is 0 Å². The molecule has 0 saturated carbocycles. The number of carbonyl (C=O) groups excluding carboxylic acids is 2. The lowest BCUT2D eigenvalue weighted by Gasteiger charge is -2.34. The van der Waals surface area contributed by atoms with Gasteiger partial charge in [-0.2, -0.15) is 0 Å². The predicted octanol–water partition coefficient (Wildman–Crippen LogP) is 2.61. The summed E-state index contributed by atoms with van der Waals surface area (Å²) in [5, 5.41) is 2.88. The van der Waals surface area contributed by atoms with E-state index >= 15 is 0 Å². The fraction of sp³-hybridized carbons (Fsp3) is 0.375. The van der Waals surface area contributed by atoms with Gasteiger partial charge < -0.3 is 10.1 Å². The smallest absolute Gasteiger partial charge is 0.338 e. The Labute approximate surface area is 124 Å². The minimum atomic E-state index is -0.472. The highest BCUT2D eigenvalue weighted by Gasteiger charge is 2.35. The molecule has 2 amide bonds. The van der Waals surface area contributed by atoms with Gasteiger partial charge in [-0.15, -0.1) is 0 Å². The van der Waals surface area contributed by atoms with Crippen molar-refractivity contribution in [2.45, 2.75) is 26.8 Å². The van der Waals surface area contributed by atoms with Crippen molar-refractivity contribution >= 4 is 12.0 Å². The number of carbonyl (C=O) groups is 2. The monoisotopic (exact) mass is 288 g/mol. The van der Waals surface area contributed by atoms with Crippen LogP contribution in [-0.2, 0) is 9.53 Å². The predicted molar refractivity (Wildman–Crippen MR) is 79.4 cm³/mol. The van der Waals surface area contributed by atoms with Gasteiger partial charge in [-0.05, 0) is 26.3 Å². The van der Waals surface area contributed by atoms with Crippen LogP contribution in [-0.4, -0.2) is 30.1 Å². The number of rotatable bonds is 4. The zero-order chi connectivity index (χ0) is 15.4. The van der Waals surface area contributed by atoms with Crippen LogP contribution < -0.4 is 5.32 Å². The largest absolute Gasteiger partial charge is 0.463 e. The lowest BCUT2D eigenvalue weighted by molar-refractivity contribution is -0.139. The Morgan fingerprint density at radius 2 is 1.95 bits per heavy atom. The second-order valence-corrected chi connectivity index (χ2v) is 4.76. The van der Waals surface area contributed by atoms with Crippen LogP contribution in [0.1, 0.15) is 32.4 Å². The van der Waals surface area contributed by atoms with E-state index in [-0.39, 0.29) is 12.0 Å². The van der Waals surface area contributed by atoms with Crippen LogP contribution in [0.5, 0.6) is 0 Å². The summed E-state index contributed by atoms with van der Waals surface area (Å²) in [4.78, 5) is 26.0. The molecule has 112 valence electrons. The number of allylic oxidation sites excluding steroid dienone is 1. The van der Waals surface area contributed by atoms with Gasteiger partial charge in [-0.1, -0.05) is 30.3 Å². The summed E-state index contributed by atoms with van der Waals surface area (Å²) in [6, 6.07) is 8.76. The molecule has 0 spiro atoms. The normalized spacial score (nSPS) is 18.5. The SMILES string of the molecule is CCOC(=O)C1=C(C)N(CC)C(=O)NC1c1ccccc1. The second kappa shape index (κ2) is 6.43. The number of esters is 1. The molecule has 0 fully saturated rings. The van der Waals surface area contributed by atoms with Crippen LogP contribution in [0.4, 0.5) is 4.79 Å². The van der Waals surface area contributed by atoms with Crippen molar-refractivity contribution < 1.29 is 14.3 Å². The maximum absolute atomic E-state index is 12.3. The van der Waals surface area contributed by atoms with E-state index in [1.165, 1.54) is 0 Å². The average Bonchev–Trinajstić information content (AvgIpc) is 2.48. The number of nitrogens with zero attached hydrogens (tertiary/aromatic N) is 1. The third-order valence-electron chi connectivity index (χ3n) is 3.54. The number of hydrogen-bond acceptors (Lipinski definition) is 3. The first-order chi connectivity index (χ1) is 10.1. The van der Waals surface area contributed by atoms with E-state index < -0.39 is 6.04 Å². The summed E-state index contributed by atoms with van der Waals surface area (Å²) in [6.07, 6.45) is 0. The molecule has 1 aliphatic rings. The number of amides is 2. The maximum Gasteiger partial charge on any atom is 0.338 e. The summed E-state index contributed by atoms with van der Waals surface area (Å²) < 4.78 is 5.16. The Morgan fingerprint density at radius 1 is 1.29 bits per heavy atom. The van der Waals surface area contributed by atoms with Crippen molar-refractivity contribution in [3.05, 3.63) is 47.2 Å². The van der Waals surface area contributed by atoms with E-state index in [0.717, 1.165) is 5.56 Å². The fourth-order valence-electron chi connectivity index (χ4n) is 2.53. The molecule has 2 rings (SSSR count). The van der Waals surface area contributed by atoms with Crippen LogP contribution in [0.25, 0.3) is 0 Å². The maximum atomic E-state index is 12.3. The first-order valence-corrected chi connectivity index (χ1v) is 7.11. The molecule has 1 aromatic carbocycles. The molecule has 0 aliphatic carbocycles. The van der Waals surface area contributed by atoms with Gasteiger partial charge in [0.1, 0.15) is 0 Å². The molecular formula is C16H20N2O3. The van der Waals surface area contributed by atoms with Crippen LogP contribution >= 0.6 is 0 Å². The average molecular weight is 288 g/mol. The highest BCUT2D eigenvalue weighted by molar-refractivity contribution is 5.95. The quantitative estimate of drug-likeness (QED) is 0.866. The Kier molecular flexibility index (Phi) is 4.62. The Hall–Kier alpha value is -2.30. The minimum absolute atomic E-state index is 0.197. The summed E-state index contributed by atoms with van der Waals surface area (Å²) in [6.45, 7) is 6.22. The Balaban J connectivity index is 2.50. The summed E-state index contributed by atoms with van der Waals surface area (Å²) in [5.74, 6) is -0.387. The lowest BCUT2D eigenvalue weighted by Crippen LogP contribution is -2.47. The van der Waals surface area contributed by atoms with Gasteiger partial charge >= 0.3 is 12.0 Å². The lowest BCUT2D eigenvalue weighted by atomic mass is 9.95. The molecule has 1 aliphatic heterocycles. The molecule has 1 atom stereocenters. The van der Waals surface area contributed by atoms with Crippen molar-refractivity contribution in [3.8, 4) is 0 Å². The topological polar surface area (TPSA) is 58.6 Å². The van der Waals surface area contributed by atoms with Crippen LogP contribution in [0.3, 0.4) is 0 Å². The molecule has 1 heterocycles. The highest BCUT2D eigenvalue weighted by Crippen LogP contribution is 2.30. The van der Waals surface area contributed by atoms with Crippen molar-refractivity contribution in [3.63, 3.8) is 0 Å². The summed E-state index contributed by atoms with van der Waals surface area (Å²) in [7, 11) is 0. The van der Waals surface area contributed by atoms with E-state index in [2.05, 4.69) is 5.32 Å². The number of benzene rings is 1. The number of nitrogens with one attached hydrogen (secondary N) is 1. The summed E-state index contributed by atoms with van der Waals surface area (Å²) in [5.41, 5.74) is 2.00. The Morgan fingerprint density at radius 3 is 2.52 bits per heavy atom. The molecule has 21 heavy (non-hydrogen) atoms. The van der Waals surface area contributed by atoms with E-state index in [1.54, 1.807) is 18.7 Å². The van der Waals surface area contributed by atoms with Gasteiger partial charge in [0.2, 0.25) is 0 Å². The van der Waals surface area contributed by atoms with Gasteiger partial charge in [0, 0.05) is 12.2 Å². The molecule has 0 saturated heterocycles. The third-order valence-corrected chi connectivity index (χ3v) is 3.54. The zero-order valence-corrected chi connectivity index (χ0v) is 12.6. The number of urea groups is 1. The van der Waals surface area contributed by atoms with Crippen LogP contribution in [0, 0.1) is 0 Å². The molecule has 0 bridgehead atoms. The minimum Gasteiger partial charge on any atom is -0.463 e. The van der Waals surface area contributed by atoms with Gasteiger partial charge in [-0.25, -0.2) is 9.59 Å². The van der Waals surface area contributed by atoms with Gasteiger partial charge in [0.25, 0.3) is 0 Å². The molecule has 0 radical (unpaired) electrons. The standard InChI is InChI=1S/C16H20N2O3/c1-4-18-11(3)13(15(19)21-5-2)14(17-16(18)20)12-9-7-6-8-10-12/h6-10,14H,4-5H2,1-3H3,(H,17,20). The van der Waals surface area contributed by atoms with Crippen molar-refractivity contribution in [1.29, 1.82) is 0 Å². The first kappa shape index (κ1) is 15.1. The van der Waals surface area contributed by atoms with E-state index in [1.807, 2.05) is 37.3 Å². The zero-order valence-electron chi connectivity index (χ0n) is 12.6. The number of ether oxygens (including phenoxy) is 1. The molecule has 1 N–H and O–H groups in total. The van der Waals surface area contributed by atoms with Gasteiger partial charge in [0.15, 0.2) is 0 Å². The van der Waals surface area contributed by atoms with Crippen molar-refractivity contribution in [2.24, 2.45) is 0 Å². The molecule has 5 nitrogen and oxygen atoms in total. The van der Waals surface area contributed by atoms with Crippen LogP contribution in [0.15, 0.2) is 41.6 Å².